The van der Waals surface area contributed by atoms with Crippen LogP contribution < -0.4 is 5.32 Å². The zero-order valence-electron chi connectivity index (χ0n) is 20.7. The molecule has 2 aromatic rings. The van der Waals surface area contributed by atoms with E-state index in [9.17, 15) is 18.0 Å². The number of sulfonamides is 1. The molecule has 2 amide bonds. The molecule has 8 heteroatoms. The van der Waals surface area contributed by atoms with Gasteiger partial charge >= 0.3 is 0 Å². The van der Waals surface area contributed by atoms with Crippen LogP contribution in [-0.2, 0) is 21.4 Å². The summed E-state index contributed by atoms with van der Waals surface area (Å²) in [6.07, 6.45) is 3.06. The van der Waals surface area contributed by atoms with E-state index in [1.165, 1.54) is 4.31 Å². The van der Waals surface area contributed by atoms with Crippen molar-refractivity contribution < 1.29 is 18.0 Å². The van der Waals surface area contributed by atoms with E-state index in [-0.39, 0.29) is 23.8 Å². The van der Waals surface area contributed by atoms with E-state index in [4.69, 9.17) is 0 Å². The third kappa shape index (κ3) is 5.76. The molecule has 0 bridgehead atoms. The Balaban J connectivity index is 1.38. The van der Waals surface area contributed by atoms with E-state index in [2.05, 4.69) is 19.2 Å². The molecule has 7 nitrogen and oxygen atoms in total. The quantitative estimate of drug-likeness (QED) is 0.602. The number of rotatable bonds is 8. The lowest BCUT2D eigenvalue weighted by atomic mass is 9.96. The van der Waals surface area contributed by atoms with Crippen LogP contribution in [0.3, 0.4) is 0 Å². The molecule has 2 fully saturated rings. The van der Waals surface area contributed by atoms with Crippen molar-refractivity contribution in [1.29, 1.82) is 0 Å². The summed E-state index contributed by atoms with van der Waals surface area (Å²) in [5, 5.41) is 2.61. The molecule has 1 aliphatic carbocycles. The summed E-state index contributed by atoms with van der Waals surface area (Å²) < 4.78 is 27.8. The molecule has 0 spiro atoms. The van der Waals surface area contributed by atoms with Crippen LogP contribution in [0.25, 0.3) is 0 Å². The van der Waals surface area contributed by atoms with E-state index in [1.807, 2.05) is 29.2 Å². The second kappa shape index (κ2) is 10.5. The zero-order valence-corrected chi connectivity index (χ0v) is 21.6. The Labute approximate surface area is 208 Å². The summed E-state index contributed by atoms with van der Waals surface area (Å²) in [6, 6.07) is 14.7. The molecule has 1 heterocycles. The Morgan fingerprint density at radius 2 is 1.57 bits per heavy atom. The molecule has 35 heavy (non-hydrogen) atoms. The Kier molecular flexibility index (Phi) is 7.62. The van der Waals surface area contributed by atoms with Gasteiger partial charge in [-0.05, 0) is 67.0 Å². The van der Waals surface area contributed by atoms with Gasteiger partial charge in [-0.2, -0.15) is 4.31 Å². The average molecular weight is 498 g/mol. The van der Waals surface area contributed by atoms with Gasteiger partial charge in [-0.25, -0.2) is 8.42 Å². The van der Waals surface area contributed by atoms with Crippen molar-refractivity contribution in [3.63, 3.8) is 0 Å². The lowest BCUT2D eigenvalue weighted by Gasteiger charge is -2.34. The van der Waals surface area contributed by atoms with Gasteiger partial charge in [-0.3, -0.25) is 9.59 Å². The van der Waals surface area contributed by atoms with Gasteiger partial charge in [0.1, 0.15) is 0 Å². The second-order valence-corrected chi connectivity index (χ2v) is 11.8. The van der Waals surface area contributed by atoms with E-state index >= 15 is 0 Å². The van der Waals surface area contributed by atoms with Crippen LogP contribution in [0.2, 0.25) is 0 Å². The van der Waals surface area contributed by atoms with Crippen LogP contribution in [0.4, 0.5) is 0 Å². The van der Waals surface area contributed by atoms with Crippen molar-refractivity contribution in [3.05, 3.63) is 65.2 Å². The summed E-state index contributed by atoms with van der Waals surface area (Å²) in [4.78, 5) is 27.5. The fourth-order valence-electron chi connectivity index (χ4n) is 4.63. The van der Waals surface area contributed by atoms with Crippen LogP contribution >= 0.6 is 0 Å². The average Bonchev–Trinajstić information content (AvgIpc) is 3.72. The number of carbonyl (C=O) groups excluding carboxylic acids is 2. The maximum Gasteiger partial charge on any atom is 0.251 e. The fourth-order valence-corrected chi connectivity index (χ4v) is 6.10. The maximum atomic E-state index is 13.4. The molecule has 2 aliphatic rings. The van der Waals surface area contributed by atoms with Gasteiger partial charge in [0.15, 0.2) is 0 Å². The molecular formula is C27H35N3O4S. The lowest BCUT2D eigenvalue weighted by molar-refractivity contribution is -0.138. The van der Waals surface area contributed by atoms with E-state index in [1.54, 1.807) is 31.3 Å². The molecule has 0 unspecified atom stereocenters. The molecule has 0 atom stereocenters. The van der Waals surface area contributed by atoms with Gasteiger partial charge in [0.2, 0.25) is 15.9 Å². The van der Waals surface area contributed by atoms with Gasteiger partial charge in [-0.15, -0.1) is 0 Å². The lowest BCUT2D eigenvalue weighted by Crippen LogP contribution is -2.44. The van der Waals surface area contributed by atoms with Crippen molar-refractivity contribution >= 4 is 21.8 Å². The summed E-state index contributed by atoms with van der Waals surface area (Å²) in [6.45, 7) is 5.37. The van der Waals surface area contributed by atoms with Gasteiger partial charge < -0.3 is 10.2 Å². The van der Waals surface area contributed by atoms with Crippen molar-refractivity contribution in [2.75, 3.05) is 20.1 Å². The number of hydrogen-bond acceptors (Lipinski definition) is 4. The minimum Gasteiger partial charge on any atom is -0.355 e. The third-order valence-electron chi connectivity index (χ3n) is 7.05. The Morgan fingerprint density at radius 3 is 2.09 bits per heavy atom. The first-order chi connectivity index (χ1) is 16.7. The van der Waals surface area contributed by atoms with Crippen LogP contribution in [0, 0.1) is 5.92 Å². The largest absolute Gasteiger partial charge is 0.355 e. The summed E-state index contributed by atoms with van der Waals surface area (Å²) in [5.74, 6) is 0.151. The number of piperidine rings is 1. The highest BCUT2D eigenvalue weighted by Crippen LogP contribution is 2.33. The molecule has 4 rings (SSSR count). The SMILES string of the molecule is CNC(=O)c1ccc(CN(C(=O)C2CCN(S(=O)(=O)c3ccc(C(C)C)cc3)CC2)C2CC2)cc1. The van der Waals surface area contributed by atoms with Crippen LogP contribution in [-0.4, -0.2) is 55.6 Å². The molecule has 1 saturated heterocycles. The van der Waals surface area contributed by atoms with E-state index in [0.717, 1.165) is 24.0 Å². The number of nitrogens with zero attached hydrogens (tertiary/aromatic N) is 2. The topological polar surface area (TPSA) is 86.8 Å². The highest BCUT2D eigenvalue weighted by Gasteiger charge is 2.38. The number of nitrogens with one attached hydrogen (secondary N) is 1. The molecule has 188 valence electrons. The molecule has 1 aliphatic heterocycles. The van der Waals surface area contributed by atoms with Crippen molar-refractivity contribution in [2.45, 2.75) is 62.9 Å². The van der Waals surface area contributed by atoms with Crippen molar-refractivity contribution in [2.24, 2.45) is 5.92 Å². The number of carbonyl (C=O) groups is 2. The predicted molar refractivity (Wildman–Crippen MR) is 135 cm³/mol. The smallest absolute Gasteiger partial charge is 0.251 e. The minimum absolute atomic E-state index is 0.112. The summed E-state index contributed by atoms with van der Waals surface area (Å²) in [5.41, 5.74) is 2.69. The summed E-state index contributed by atoms with van der Waals surface area (Å²) >= 11 is 0. The monoisotopic (exact) mass is 497 g/mol. The van der Waals surface area contributed by atoms with Crippen molar-refractivity contribution in [3.8, 4) is 0 Å². The first kappa shape index (κ1) is 25.4. The molecule has 0 radical (unpaired) electrons. The zero-order chi connectivity index (χ0) is 25.2. The molecule has 0 aromatic heterocycles. The molecule has 1 saturated carbocycles. The van der Waals surface area contributed by atoms with Gasteiger partial charge in [0.25, 0.3) is 5.91 Å². The minimum atomic E-state index is -3.56. The standard InChI is InChI=1S/C27H35N3O4S/c1-19(2)21-8-12-25(13-9-21)35(33,34)29-16-14-23(15-17-29)27(32)30(24-10-11-24)18-20-4-6-22(7-5-20)26(31)28-3/h4-9,12-13,19,23-24H,10-11,14-18H2,1-3H3,(H,28,31). The van der Waals surface area contributed by atoms with E-state index < -0.39 is 10.0 Å². The Bertz CT molecular complexity index is 1150. The number of amides is 2. The highest BCUT2D eigenvalue weighted by atomic mass is 32.2. The maximum absolute atomic E-state index is 13.4. The first-order valence-corrected chi connectivity index (χ1v) is 13.9. The fraction of sp³-hybridized carbons (Fsp3) is 0.481. The number of hydrogen-bond donors (Lipinski definition) is 1. The normalized spacial score (nSPS) is 17.4. The Morgan fingerprint density at radius 1 is 0.971 bits per heavy atom. The third-order valence-corrected chi connectivity index (χ3v) is 8.97. The second-order valence-electron chi connectivity index (χ2n) is 9.88. The molecule has 2 aromatic carbocycles. The van der Waals surface area contributed by atoms with Gasteiger partial charge in [0.05, 0.1) is 4.90 Å². The first-order valence-electron chi connectivity index (χ1n) is 12.4. The Hall–Kier alpha value is -2.71. The van der Waals surface area contributed by atoms with Crippen molar-refractivity contribution in [1.82, 2.24) is 14.5 Å². The highest BCUT2D eigenvalue weighted by molar-refractivity contribution is 7.89. The summed E-state index contributed by atoms with van der Waals surface area (Å²) in [7, 11) is -1.96. The van der Waals surface area contributed by atoms with Gasteiger partial charge in [-0.1, -0.05) is 38.1 Å². The molecular weight excluding hydrogens is 462 g/mol. The predicted octanol–water partition coefficient (Wildman–Crippen LogP) is 3.76. The van der Waals surface area contributed by atoms with E-state index in [0.29, 0.717) is 48.9 Å². The molecule has 1 N–H and O–H groups in total. The van der Waals surface area contributed by atoms with Crippen LogP contribution in [0.15, 0.2) is 53.4 Å². The number of benzene rings is 2. The van der Waals surface area contributed by atoms with Gasteiger partial charge in [0, 0.05) is 44.2 Å². The van der Waals surface area contributed by atoms with Crippen LogP contribution in [0.1, 0.15) is 66.9 Å². The van der Waals surface area contributed by atoms with Crippen LogP contribution in [0.5, 0.6) is 0 Å².